The second-order valence-electron chi connectivity index (χ2n) is 7.76. The number of aliphatic imine (C=N–C) groups is 1. The van der Waals surface area contributed by atoms with Gasteiger partial charge in [-0.2, -0.15) is 0 Å². The number of halogens is 1. The first-order valence-electron chi connectivity index (χ1n) is 10.3. The molecule has 28 heavy (non-hydrogen) atoms. The topological polar surface area (TPSA) is 69.6 Å². The lowest BCUT2D eigenvalue weighted by atomic mass is 10.1. The SMILES string of the molecule is CN=C(NCC(C)CN1CCOCC1)N1CCN(C(=O)C2CCCO2)CC1.I. The summed E-state index contributed by atoms with van der Waals surface area (Å²) in [6, 6.07) is 0. The number of piperazine rings is 1. The highest BCUT2D eigenvalue weighted by molar-refractivity contribution is 14.0. The number of amides is 1. The molecule has 3 fully saturated rings. The fraction of sp³-hybridized carbons (Fsp3) is 0.895. The van der Waals surface area contributed by atoms with Crippen LogP contribution in [-0.4, -0.2) is 112 Å². The number of hydrogen-bond acceptors (Lipinski definition) is 5. The highest BCUT2D eigenvalue weighted by Crippen LogP contribution is 2.16. The van der Waals surface area contributed by atoms with Gasteiger partial charge in [0.15, 0.2) is 5.96 Å². The third-order valence-corrected chi connectivity index (χ3v) is 5.59. The van der Waals surface area contributed by atoms with E-state index in [-0.39, 0.29) is 36.0 Å². The van der Waals surface area contributed by atoms with Crippen molar-refractivity contribution in [3.05, 3.63) is 0 Å². The van der Waals surface area contributed by atoms with Crippen LogP contribution in [0.3, 0.4) is 0 Å². The van der Waals surface area contributed by atoms with Crippen molar-refractivity contribution in [2.45, 2.75) is 25.9 Å². The van der Waals surface area contributed by atoms with Gasteiger partial charge in [-0.05, 0) is 18.8 Å². The zero-order valence-corrected chi connectivity index (χ0v) is 19.6. The van der Waals surface area contributed by atoms with Crippen LogP contribution in [0.25, 0.3) is 0 Å². The summed E-state index contributed by atoms with van der Waals surface area (Å²) in [7, 11) is 1.83. The van der Waals surface area contributed by atoms with Crippen molar-refractivity contribution in [2.75, 3.05) is 79.2 Å². The number of ether oxygens (including phenoxy) is 2. The summed E-state index contributed by atoms with van der Waals surface area (Å²) in [5.41, 5.74) is 0. The molecule has 2 atom stereocenters. The summed E-state index contributed by atoms with van der Waals surface area (Å²) in [6.45, 7) is 11.8. The number of carbonyl (C=O) groups excluding carboxylic acids is 1. The van der Waals surface area contributed by atoms with Crippen LogP contribution in [0.4, 0.5) is 0 Å². The van der Waals surface area contributed by atoms with Gasteiger partial charge in [0.05, 0.1) is 13.2 Å². The molecular formula is C19H36IN5O3. The Morgan fingerprint density at radius 2 is 1.79 bits per heavy atom. The Kier molecular flexibility index (Phi) is 10.2. The first-order valence-corrected chi connectivity index (χ1v) is 10.3. The number of rotatable bonds is 5. The van der Waals surface area contributed by atoms with Gasteiger partial charge in [0.2, 0.25) is 0 Å². The fourth-order valence-electron chi connectivity index (χ4n) is 4.00. The van der Waals surface area contributed by atoms with E-state index >= 15 is 0 Å². The Morgan fingerprint density at radius 1 is 1.11 bits per heavy atom. The van der Waals surface area contributed by atoms with E-state index in [0.29, 0.717) is 5.92 Å². The molecule has 0 bridgehead atoms. The van der Waals surface area contributed by atoms with Crippen LogP contribution >= 0.6 is 24.0 Å². The number of guanidine groups is 1. The summed E-state index contributed by atoms with van der Waals surface area (Å²) in [4.78, 5) is 23.6. The first kappa shape index (κ1) is 23.6. The zero-order chi connectivity index (χ0) is 19.1. The molecule has 3 rings (SSSR count). The molecule has 9 heteroatoms. The summed E-state index contributed by atoms with van der Waals surface area (Å²) < 4.78 is 11.0. The van der Waals surface area contributed by atoms with Gasteiger partial charge in [0.1, 0.15) is 6.10 Å². The lowest BCUT2D eigenvalue weighted by molar-refractivity contribution is -0.142. The van der Waals surface area contributed by atoms with E-state index < -0.39 is 0 Å². The van der Waals surface area contributed by atoms with Crippen molar-refractivity contribution in [3.8, 4) is 0 Å². The van der Waals surface area contributed by atoms with Crippen molar-refractivity contribution < 1.29 is 14.3 Å². The number of nitrogens with zero attached hydrogens (tertiary/aromatic N) is 4. The Hall–Kier alpha value is -0.650. The molecule has 0 saturated carbocycles. The minimum atomic E-state index is -0.213. The molecule has 0 radical (unpaired) electrons. The van der Waals surface area contributed by atoms with Crippen LogP contribution in [-0.2, 0) is 14.3 Å². The highest BCUT2D eigenvalue weighted by atomic mass is 127. The van der Waals surface area contributed by atoms with Crippen LogP contribution in [0.1, 0.15) is 19.8 Å². The number of nitrogens with one attached hydrogen (secondary N) is 1. The third kappa shape index (κ3) is 6.70. The monoisotopic (exact) mass is 509 g/mol. The third-order valence-electron chi connectivity index (χ3n) is 5.59. The molecule has 1 amide bonds. The molecule has 3 aliphatic rings. The average molecular weight is 509 g/mol. The Balaban J connectivity index is 0.00000280. The Morgan fingerprint density at radius 3 is 2.39 bits per heavy atom. The number of carbonyl (C=O) groups is 1. The molecule has 0 aromatic rings. The molecule has 1 N–H and O–H groups in total. The van der Waals surface area contributed by atoms with Crippen molar-refractivity contribution in [1.82, 2.24) is 20.0 Å². The minimum Gasteiger partial charge on any atom is -0.379 e. The summed E-state index contributed by atoms with van der Waals surface area (Å²) in [6.07, 6.45) is 1.65. The molecule has 0 aromatic heterocycles. The fourth-order valence-corrected chi connectivity index (χ4v) is 4.00. The second-order valence-corrected chi connectivity index (χ2v) is 7.76. The molecule has 3 aliphatic heterocycles. The quantitative estimate of drug-likeness (QED) is 0.330. The minimum absolute atomic E-state index is 0. The van der Waals surface area contributed by atoms with E-state index in [1.807, 2.05) is 11.9 Å². The van der Waals surface area contributed by atoms with E-state index in [1.165, 1.54) is 0 Å². The predicted molar refractivity (Wildman–Crippen MR) is 120 cm³/mol. The van der Waals surface area contributed by atoms with Crippen LogP contribution in [0, 0.1) is 5.92 Å². The lowest BCUT2D eigenvalue weighted by Gasteiger charge is -2.37. The number of hydrogen-bond donors (Lipinski definition) is 1. The van der Waals surface area contributed by atoms with Crippen LogP contribution in [0.5, 0.6) is 0 Å². The summed E-state index contributed by atoms with van der Waals surface area (Å²) >= 11 is 0. The molecule has 0 aliphatic carbocycles. The maximum absolute atomic E-state index is 12.5. The summed E-state index contributed by atoms with van der Waals surface area (Å²) in [5, 5.41) is 3.52. The van der Waals surface area contributed by atoms with Gasteiger partial charge in [0, 0.05) is 66.0 Å². The largest absolute Gasteiger partial charge is 0.379 e. The van der Waals surface area contributed by atoms with Crippen molar-refractivity contribution >= 4 is 35.8 Å². The molecule has 8 nitrogen and oxygen atoms in total. The molecule has 2 unspecified atom stereocenters. The van der Waals surface area contributed by atoms with Gasteiger partial charge >= 0.3 is 0 Å². The van der Waals surface area contributed by atoms with Gasteiger partial charge in [-0.25, -0.2) is 0 Å². The Bertz CT molecular complexity index is 502. The van der Waals surface area contributed by atoms with Gasteiger partial charge in [-0.3, -0.25) is 14.7 Å². The maximum atomic E-state index is 12.5. The number of morpholine rings is 1. The predicted octanol–water partition coefficient (Wildman–Crippen LogP) is 0.471. The molecule has 3 heterocycles. The van der Waals surface area contributed by atoms with Crippen LogP contribution < -0.4 is 5.32 Å². The van der Waals surface area contributed by atoms with Crippen LogP contribution in [0.15, 0.2) is 4.99 Å². The van der Waals surface area contributed by atoms with Crippen molar-refractivity contribution in [1.29, 1.82) is 0 Å². The van der Waals surface area contributed by atoms with E-state index in [2.05, 4.69) is 27.0 Å². The Labute approximate surface area is 186 Å². The standard InChI is InChI=1S/C19H35N5O3.HI/c1-16(15-22-9-12-26-13-10-22)14-21-19(20-2)24-7-5-23(6-8-24)18(25)17-4-3-11-27-17;/h16-17H,3-15H2,1-2H3,(H,20,21);1H. The van der Waals surface area contributed by atoms with E-state index in [4.69, 9.17) is 9.47 Å². The maximum Gasteiger partial charge on any atom is 0.251 e. The smallest absolute Gasteiger partial charge is 0.251 e. The van der Waals surface area contributed by atoms with E-state index in [1.54, 1.807) is 0 Å². The molecule has 0 spiro atoms. The van der Waals surface area contributed by atoms with E-state index in [0.717, 1.165) is 91.0 Å². The van der Waals surface area contributed by atoms with Crippen LogP contribution in [0.2, 0.25) is 0 Å². The van der Waals surface area contributed by atoms with Gasteiger partial charge in [-0.15, -0.1) is 24.0 Å². The molecule has 0 aromatic carbocycles. The average Bonchev–Trinajstić information content (AvgIpc) is 3.24. The highest BCUT2D eigenvalue weighted by Gasteiger charge is 2.31. The molecule has 162 valence electrons. The molecular weight excluding hydrogens is 473 g/mol. The molecule has 3 saturated heterocycles. The van der Waals surface area contributed by atoms with E-state index in [9.17, 15) is 4.79 Å². The normalized spacial score (nSPS) is 25.4. The second kappa shape index (κ2) is 12.1. The van der Waals surface area contributed by atoms with Crippen molar-refractivity contribution in [3.63, 3.8) is 0 Å². The lowest BCUT2D eigenvalue weighted by Crippen LogP contribution is -2.55. The van der Waals surface area contributed by atoms with Gasteiger partial charge < -0.3 is 24.6 Å². The first-order chi connectivity index (χ1) is 13.2. The summed E-state index contributed by atoms with van der Waals surface area (Å²) in [5.74, 6) is 1.64. The zero-order valence-electron chi connectivity index (χ0n) is 17.3. The van der Waals surface area contributed by atoms with Gasteiger partial charge in [-0.1, -0.05) is 6.92 Å². The van der Waals surface area contributed by atoms with Gasteiger partial charge in [0.25, 0.3) is 5.91 Å². The van der Waals surface area contributed by atoms with Crippen molar-refractivity contribution in [2.24, 2.45) is 10.9 Å².